The third-order valence-corrected chi connectivity index (χ3v) is 3.87. The molecular formula is C16H18FN3O2. The molecular weight excluding hydrogens is 285 g/mol. The van der Waals surface area contributed by atoms with E-state index in [9.17, 15) is 9.18 Å². The predicted octanol–water partition coefficient (Wildman–Crippen LogP) is 1.90. The largest absolute Gasteiger partial charge is 0.396 e. The lowest BCUT2D eigenvalue weighted by Crippen LogP contribution is -2.37. The number of aromatic nitrogens is 2. The van der Waals surface area contributed by atoms with Gasteiger partial charge in [-0.1, -0.05) is 12.1 Å². The number of hydrogen-bond acceptors (Lipinski definition) is 3. The van der Waals surface area contributed by atoms with Gasteiger partial charge in [-0.25, -0.2) is 9.07 Å². The van der Waals surface area contributed by atoms with E-state index in [1.807, 2.05) is 0 Å². The monoisotopic (exact) mass is 303 g/mol. The number of para-hydroxylation sites is 1. The van der Waals surface area contributed by atoms with E-state index < -0.39 is 5.82 Å². The number of nitrogens with one attached hydrogen (secondary N) is 1. The van der Waals surface area contributed by atoms with Crippen LogP contribution in [0.1, 0.15) is 29.8 Å². The highest BCUT2D eigenvalue weighted by Crippen LogP contribution is 2.34. The molecule has 116 valence electrons. The van der Waals surface area contributed by atoms with Crippen LogP contribution in [0.4, 0.5) is 4.39 Å². The molecule has 1 unspecified atom stereocenters. The van der Waals surface area contributed by atoms with Gasteiger partial charge in [-0.05, 0) is 43.4 Å². The number of carbonyl (C=O) groups excluding carboxylic acids is 1. The Kier molecular flexibility index (Phi) is 4.20. The number of aliphatic hydroxyl groups is 1. The van der Waals surface area contributed by atoms with Crippen LogP contribution in [0, 0.1) is 11.7 Å². The van der Waals surface area contributed by atoms with Gasteiger partial charge in [0.15, 0.2) is 5.69 Å². The second-order valence-corrected chi connectivity index (χ2v) is 5.53. The molecule has 1 aliphatic rings. The summed E-state index contributed by atoms with van der Waals surface area (Å²) in [5, 5.41) is 16.1. The minimum Gasteiger partial charge on any atom is -0.396 e. The van der Waals surface area contributed by atoms with Crippen LogP contribution in [-0.2, 0) is 0 Å². The molecule has 1 aromatic heterocycles. The number of amides is 1. The van der Waals surface area contributed by atoms with Crippen molar-refractivity contribution in [2.75, 3.05) is 6.61 Å². The van der Waals surface area contributed by atoms with Crippen molar-refractivity contribution in [3.8, 4) is 5.69 Å². The Bertz CT molecular complexity index is 667. The van der Waals surface area contributed by atoms with Crippen molar-refractivity contribution >= 4 is 5.91 Å². The lowest BCUT2D eigenvalue weighted by atomic mass is 10.1. The molecule has 2 aromatic rings. The highest BCUT2D eigenvalue weighted by molar-refractivity contribution is 5.92. The molecule has 0 saturated heterocycles. The fourth-order valence-corrected chi connectivity index (χ4v) is 2.52. The van der Waals surface area contributed by atoms with Gasteiger partial charge in [-0.3, -0.25) is 4.79 Å². The maximum absolute atomic E-state index is 13.7. The molecule has 1 saturated carbocycles. The highest BCUT2D eigenvalue weighted by atomic mass is 19.1. The molecule has 1 fully saturated rings. The van der Waals surface area contributed by atoms with Crippen LogP contribution in [-0.4, -0.2) is 33.4 Å². The van der Waals surface area contributed by atoms with Crippen LogP contribution in [0.25, 0.3) is 5.69 Å². The van der Waals surface area contributed by atoms with Crippen LogP contribution in [0.2, 0.25) is 0 Å². The molecule has 0 radical (unpaired) electrons. The van der Waals surface area contributed by atoms with E-state index in [1.165, 1.54) is 10.7 Å². The summed E-state index contributed by atoms with van der Waals surface area (Å²) in [4.78, 5) is 12.2. The first-order valence-corrected chi connectivity index (χ1v) is 7.41. The Hall–Kier alpha value is -2.21. The van der Waals surface area contributed by atoms with Gasteiger partial charge in [-0.15, -0.1) is 0 Å². The number of benzene rings is 1. The molecule has 2 N–H and O–H groups in total. The van der Waals surface area contributed by atoms with E-state index in [4.69, 9.17) is 5.11 Å². The lowest BCUT2D eigenvalue weighted by molar-refractivity contribution is 0.0918. The van der Waals surface area contributed by atoms with E-state index in [1.54, 1.807) is 30.5 Å². The summed E-state index contributed by atoms with van der Waals surface area (Å²) in [5.74, 6) is -0.237. The normalized spacial score (nSPS) is 15.5. The van der Waals surface area contributed by atoms with Crippen LogP contribution >= 0.6 is 0 Å². The number of hydrogen-bond donors (Lipinski definition) is 2. The van der Waals surface area contributed by atoms with Gasteiger partial charge in [0.25, 0.3) is 5.91 Å². The molecule has 6 heteroatoms. The summed E-state index contributed by atoms with van der Waals surface area (Å²) >= 11 is 0. The Morgan fingerprint density at radius 3 is 2.86 bits per heavy atom. The number of carbonyl (C=O) groups is 1. The molecule has 5 nitrogen and oxygen atoms in total. The third-order valence-electron chi connectivity index (χ3n) is 3.87. The highest BCUT2D eigenvalue weighted by Gasteiger charge is 2.32. The smallest absolute Gasteiger partial charge is 0.272 e. The standard InChI is InChI=1S/C16H18FN3O2/c17-12-3-1-2-4-15(12)20-9-7-14(19-20)16(22)18-13(8-10-21)11-5-6-11/h1-4,7,9,11,13,21H,5-6,8,10H2,(H,18,22). The Morgan fingerprint density at radius 1 is 1.41 bits per heavy atom. The van der Waals surface area contributed by atoms with Gasteiger partial charge < -0.3 is 10.4 Å². The van der Waals surface area contributed by atoms with Crippen molar-refractivity contribution in [3.05, 3.63) is 48.0 Å². The molecule has 0 bridgehead atoms. The molecule has 0 aliphatic heterocycles. The van der Waals surface area contributed by atoms with Gasteiger partial charge in [0.1, 0.15) is 11.5 Å². The fourth-order valence-electron chi connectivity index (χ4n) is 2.52. The molecule has 22 heavy (non-hydrogen) atoms. The number of aliphatic hydroxyl groups excluding tert-OH is 1. The number of rotatable bonds is 6. The minimum absolute atomic E-state index is 0.0175. The van der Waals surface area contributed by atoms with Crippen molar-refractivity contribution < 1.29 is 14.3 Å². The van der Waals surface area contributed by atoms with Crippen LogP contribution in [0.3, 0.4) is 0 Å². The van der Waals surface area contributed by atoms with Crippen LogP contribution < -0.4 is 5.32 Å². The topological polar surface area (TPSA) is 67.2 Å². The number of halogens is 1. The zero-order valence-electron chi connectivity index (χ0n) is 12.1. The number of nitrogens with zero attached hydrogens (tertiary/aromatic N) is 2. The van der Waals surface area contributed by atoms with Crippen molar-refractivity contribution in [1.82, 2.24) is 15.1 Å². The summed E-state index contributed by atoms with van der Waals surface area (Å²) in [6, 6.07) is 7.81. The second kappa shape index (κ2) is 6.27. The Morgan fingerprint density at radius 2 is 2.18 bits per heavy atom. The summed E-state index contributed by atoms with van der Waals surface area (Å²) in [7, 11) is 0. The van der Waals surface area contributed by atoms with E-state index in [0.29, 0.717) is 18.0 Å². The summed E-state index contributed by atoms with van der Waals surface area (Å²) < 4.78 is 15.1. The van der Waals surface area contributed by atoms with Gasteiger partial charge >= 0.3 is 0 Å². The zero-order chi connectivity index (χ0) is 15.5. The first-order chi connectivity index (χ1) is 10.7. The molecule has 3 rings (SSSR count). The average Bonchev–Trinajstić information content (AvgIpc) is 3.24. The van der Waals surface area contributed by atoms with E-state index in [2.05, 4.69) is 10.4 Å². The maximum Gasteiger partial charge on any atom is 0.272 e. The van der Waals surface area contributed by atoms with Crippen molar-refractivity contribution in [1.29, 1.82) is 0 Å². The van der Waals surface area contributed by atoms with Crippen LogP contribution in [0.5, 0.6) is 0 Å². The van der Waals surface area contributed by atoms with Crippen molar-refractivity contribution in [2.24, 2.45) is 5.92 Å². The lowest BCUT2D eigenvalue weighted by Gasteiger charge is -2.16. The molecule has 1 heterocycles. The molecule has 1 aliphatic carbocycles. The predicted molar refractivity (Wildman–Crippen MR) is 79.2 cm³/mol. The maximum atomic E-state index is 13.7. The Labute approximate surface area is 127 Å². The quantitative estimate of drug-likeness (QED) is 0.856. The molecule has 0 spiro atoms. The van der Waals surface area contributed by atoms with Gasteiger partial charge in [0, 0.05) is 18.8 Å². The average molecular weight is 303 g/mol. The summed E-state index contributed by atoms with van der Waals surface area (Å²) in [6.07, 6.45) is 4.26. The van der Waals surface area contributed by atoms with E-state index in [0.717, 1.165) is 12.8 Å². The second-order valence-electron chi connectivity index (χ2n) is 5.53. The summed E-state index contributed by atoms with van der Waals surface area (Å²) in [5.41, 5.74) is 0.544. The SMILES string of the molecule is O=C(NC(CCO)C1CC1)c1ccn(-c2ccccc2F)n1. The minimum atomic E-state index is -0.395. The first-order valence-electron chi connectivity index (χ1n) is 7.41. The van der Waals surface area contributed by atoms with E-state index in [-0.39, 0.29) is 24.2 Å². The van der Waals surface area contributed by atoms with Crippen molar-refractivity contribution in [2.45, 2.75) is 25.3 Å². The zero-order valence-corrected chi connectivity index (χ0v) is 12.1. The Balaban J connectivity index is 1.73. The van der Waals surface area contributed by atoms with Gasteiger partial charge in [0.2, 0.25) is 0 Å². The van der Waals surface area contributed by atoms with Gasteiger partial charge in [0.05, 0.1) is 0 Å². The molecule has 1 amide bonds. The van der Waals surface area contributed by atoms with Crippen LogP contribution in [0.15, 0.2) is 36.5 Å². The van der Waals surface area contributed by atoms with Gasteiger partial charge in [-0.2, -0.15) is 5.10 Å². The van der Waals surface area contributed by atoms with Crippen molar-refractivity contribution in [3.63, 3.8) is 0 Å². The summed E-state index contributed by atoms with van der Waals surface area (Å²) in [6.45, 7) is 0.0467. The van der Waals surface area contributed by atoms with E-state index >= 15 is 0 Å². The fraction of sp³-hybridized carbons (Fsp3) is 0.375. The first kappa shape index (κ1) is 14.7. The molecule has 1 aromatic carbocycles. The molecule has 1 atom stereocenters. The third kappa shape index (κ3) is 3.17.